The summed E-state index contributed by atoms with van der Waals surface area (Å²) in [6.45, 7) is 3.30. The lowest BCUT2D eigenvalue weighted by Gasteiger charge is -2.31. The number of aromatic hydroxyl groups is 1. The molecule has 19 heteroatoms. The van der Waals surface area contributed by atoms with E-state index in [1.54, 1.807) is 36.4 Å². The summed E-state index contributed by atoms with van der Waals surface area (Å²) in [5, 5.41) is 45.0. The summed E-state index contributed by atoms with van der Waals surface area (Å²) in [6.07, 6.45) is 0.835. The van der Waals surface area contributed by atoms with Gasteiger partial charge in [-0.15, -0.1) is 0 Å². The van der Waals surface area contributed by atoms with Gasteiger partial charge in [0.25, 0.3) is 5.91 Å². The molecular formula is C55H68N8O11. The number of aliphatic hydroxyl groups is 2. The van der Waals surface area contributed by atoms with E-state index in [2.05, 4.69) is 33.5 Å². The Hall–Kier alpha value is -7.35. The summed E-state index contributed by atoms with van der Waals surface area (Å²) in [7, 11) is 0. The van der Waals surface area contributed by atoms with Crippen LogP contribution < -0.4 is 37.1 Å². The van der Waals surface area contributed by atoms with Crippen molar-refractivity contribution < 1.29 is 53.6 Å². The van der Waals surface area contributed by atoms with Crippen molar-refractivity contribution in [3.05, 3.63) is 108 Å². The van der Waals surface area contributed by atoms with Gasteiger partial charge in [0.1, 0.15) is 41.7 Å². The molecule has 0 aromatic heterocycles. The molecule has 3 saturated heterocycles. The van der Waals surface area contributed by atoms with Crippen molar-refractivity contribution in [2.24, 2.45) is 5.73 Å². The highest BCUT2D eigenvalue weighted by molar-refractivity contribution is 6.00. The van der Waals surface area contributed by atoms with Crippen molar-refractivity contribution in [1.29, 1.82) is 0 Å². The van der Waals surface area contributed by atoms with Crippen molar-refractivity contribution in [2.45, 2.75) is 120 Å². The molecule has 3 fully saturated rings. The molecule has 7 amide bonds. The number of carbonyl (C=O) groups excluding carboxylic acids is 7. The monoisotopic (exact) mass is 1020 g/mol. The van der Waals surface area contributed by atoms with Crippen LogP contribution in [0.5, 0.6) is 11.5 Å². The number of phenols is 1. The lowest BCUT2D eigenvalue weighted by Crippen LogP contribution is -2.60. The molecule has 3 heterocycles. The number of nitrogens with two attached hydrogens (primary N) is 1. The molecule has 0 aliphatic carbocycles. The molecule has 0 unspecified atom stereocenters. The van der Waals surface area contributed by atoms with Crippen molar-refractivity contribution in [1.82, 2.24) is 36.4 Å². The van der Waals surface area contributed by atoms with Crippen molar-refractivity contribution >= 4 is 41.4 Å². The van der Waals surface area contributed by atoms with Gasteiger partial charge in [0.05, 0.1) is 25.4 Å². The summed E-state index contributed by atoms with van der Waals surface area (Å²) in [4.78, 5) is 99.9. The molecule has 8 atom stereocenters. The van der Waals surface area contributed by atoms with Gasteiger partial charge in [0.15, 0.2) is 0 Å². The topological polar surface area (TPSA) is 282 Å². The number of hydrogen-bond donors (Lipinski definition) is 9. The number of aryl methyl sites for hydroxylation is 1. The minimum Gasteiger partial charge on any atom is -0.508 e. The molecule has 394 valence electrons. The van der Waals surface area contributed by atoms with E-state index in [0.29, 0.717) is 6.61 Å². The molecule has 0 radical (unpaired) electrons. The maximum Gasteiger partial charge on any atom is 0.251 e. The lowest BCUT2D eigenvalue weighted by molar-refractivity contribution is -0.144. The molecule has 3 aliphatic rings. The van der Waals surface area contributed by atoms with Gasteiger partial charge in [-0.05, 0) is 110 Å². The second kappa shape index (κ2) is 25.5. The summed E-state index contributed by atoms with van der Waals surface area (Å²) in [5.74, 6) is -4.14. The molecule has 3 aliphatic heterocycles. The van der Waals surface area contributed by atoms with E-state index < -0.39 is 96.4 Å². The van der Waals surface area contributed by atoms with Crippen molar-refractivity contribution in [2.75, 3.05) is 32.8 Å². The zero-order chi connectivity index (χ0) is 52.9. The van der Waals surface area contributed by atoms with E-state index in [0.717, 1.165) is 57.7 Å². The average Bonchev–Trinajstić information content (AvgIpc) is 4.00. The number of carbonyl (C=O) groups is 7. The maximum absolute atomic E-state index is 14.3. The van der Waals surface area contributed by atoms with Gasteiger partial charge in [-0.2, -0.15) is 0 Å². The van der Waals surface area contributed by atoms with E-state index in [1.165, 1.54) is 24.0 Å². The number of fused-ring (bicyclic) bond motifs is 2. The van der Waals surface area contributed by atoms with Crippen molar-refractivity contribution in [3.8, 4) is 33.8 Å². The largest absolute Gasteiger partial charge is 0.508 e. The molecular weight excluding hydrogens is 949 g/mol. The SMILES string of the molecule is CCCCCOc1ccc(-c2ccc(-c3ccc(C(=O)N[C@H]4CCCNC(=O)[C@@H]5C[C@H](N)CN5C(=O)CNC(=O)[C@H](CCc5ccc(O)cc5)NC(=O)[C@@H]5C[C@@H](O)CN5C(=O)[C@H]([C@@H](C)O)NC4=O)cc3)cc2)cc1. The third-order valence-corrected chi connectivity index (χ3v) is 13.7. The predicted molar refractivity (Wildman–Crippen MR) is 275 cm³/mol. The van der Waals surface area contributed by atoms with Gasteiger partial charge in [0, 0.05) is 37.7 Å². The minimum atomic E-state index is -1.65. The van der Waals surface area contributed by atoms with Crippen LogP contribution in [0.1, 0.15) is 81.1 Å². The van der Waals surface area contributed by atoms with Gasteiger partial charge in [0.2, 0.25) is 35.4 Å². The van der Waals surface area contributed by atoms with Crippen LogP contribution in [0.25, 0.3) is 22.3 Å². The average molecular weight is 1020 g/mol. The number of unbranched alkanes of at least 4 members (excludes halogenated alkanes) is 2. The zero-order valence-electron chi connectivity index (χ0n) is 41.8. The number of ether oxygens (including phenoxy) is 1. The van der Waals surface area contributed by atoms with Gasteiger partial charge in [-0.3, -0.25) is 33.6 Å². The van der Waals surface area contributed by atoms with Crippen LogP contribution in [-0.2, 0) is 35.2 Å². The second-order valence-electron chi connectivity index (χ2n) is 19.4. The molecule has 19 nitrogen and oxygen atoms in total. The Morgan fingerprint density at radius 3 is 2.01 bits per heavy atom. The number of rotatable bonds is 13. The van der Waals surface area contributed by atoms with Crippen LogP contribution in [0.2, 0.25) is 0 Å². The number of benzene rings is 4. The van der Waals surface area contributed by atoms with Crippen LogP contribution in [-0.4, -0.2) is 148 Å². The fraction of sp³-hybridized carbons (Fsp3) is 0.436. The lowest BCUT2D eigenvalue weighted by atomic mass is 9.99. The maximum atomic E-state index is 14.3. The van der Waals surface area contributed by atoms with Gasteiger partial charge >= 0.3 is 0 Å². The molecule has 0 bridgehead atoms. The van der Waals surface area contributed by atoms with Crippen LogP contribution in [0.4, 0.5) is 0 Å². The second-order valence-corrected chi connectivity index (χ2v) is 19.4. The first-order chi connectivity index (χ1) is 35.6. The van der Waals surface area contributed by atoms with E-state index in [9.17, 15) is 48.9 Å². The third kappa shape index (κ3) is 14.2. The highest BCUT2D eigenvalue weighted by Gasteiger charge is 2.44. The van der Waals surface area contributed by atoms with E-state index in [-0.39, 0.29) is 69.5 Å². The Balaban J connectivity index is 1.08. The smallest absolute Gasteiger partial charge is 0.251 e. The number of nitrogens with zero attached hydrogens (tertiary/aromatic N) is 2. The molecule has 0 spiro atoms. The Labute approximate surface area is 430 Å². The quantitative estimate of drug-likeness (QED) is 0.0873. The fourth-order valence-electron chi connectivity index (χ4n) is 9.52. The van der Waals surface area contributed by atoms with Crippen LogP contribution >= 0.6 is 0 Å². The molecule has 0 saturated carbocycles. The standard InChI is InChI=1S/C55H68N8O11/c1-3-4-5-27-74-43-23-19-38(20-24-43)36-13-11-35(12-14-36)37-15-17-39(18-16-37)50(68)59-44-7-6-26-57-53(71)46-28-40(56)31-62(46)48(67)30-58-51(69)45(25-10-34-8-21-41(65)22-9-34)60-54(72)47-29-42(66)32-63(47)55(73)49(33(2)64)61-52(44)70/h8-9,11-24,33,40,42,44-47,49,64-66H,3-7,10,25-32,56H2,1-2H3,(H,57,71)(H,58,69)(H,59,68)(H,60,72)(H,61,70)/t33-,40+,42-,44+,45+,46+,47+,49+/m1/s1. The predicted octanol–water partition coefficient (Wildman–Crippen LogP) is 2.29. The number of amides is 7. The van der Waals surface area contributed by atoms with Gasteiger partial charge in [-0.1, -0.05) is 80.4 Å². The van der Waals surface area contributed by atoms with Crippen molar-refractivity contribution in [3.63, 3.8) is 0 Å². The highest BCUT2D eigenvalue weighted by Crippen LogP contribution is 2.28. The molecule has 10 N–H and O–H groups in total. The fourth-order valence-corrected chi connectivity index (χ4v) is 9.52. The third-order valence-electron chi connectivity index (χ3n) is 13.7. The first-order valence-electron chi connectivity index (χ1n) is 25.5. The summed E-state index contributed by atoms with van der Waals surface area (Å²) in [6, 6.07) is 22.0. The Morgan fingerprint density at radius 1 is 0.757 bits per heavy atom. The Morgan fingerprint density at radius 2 is 1.38 bits per heavy atom. The molecule has 4 aromatic rings. The van der Waals surface area contributed by atoms with E-state index in [1.807, 2.05) is 48.5 Å². The first-order valence-corrected chi connectivity index (χ1v) is 25.5. The van der Waals surface area contributed by atoms with E-state index >= 15 is 0 Å². The van der Waals surface area contributed by atoms with Gasteiger partial charge in [-0.25, -0.2) is 0 Å². The Bertz CT molecular complexity index is 2600. The number of hydrogen-bond acceptors (Lipinski definition) is 12. The number of phenolic OH excluding ortho intramolecular Hbond substituents is 1. The summed E-state index contributed by atoms with van der Waals surface area (Å²) >= 11 is 0. The summed E-state index contributed by atoms with van der Waals surface area (Å²) < 4.78 is 5.86. The Kier molecular flexibility index (Phi) is 18.8. The normalized spacial score (nSPS) is 23.8. The first kappa shape index (κ1) is 54.4. The van der Waals surface area contributed by atoms with Crippen LogP contribution in [0.3, 0.4) is 0 Å². The molecule has 4 aromatic carbocycles. The van der Waals surface area contributed by atoms with Crippen LogP contribution in [0.15, 0.2) is 97.1 Å². The number of aliphatic hydroxyl groups excluding tert-OH is 2. The summed E-state index contributed by atoms with van der Waals surface area (Å²) in [5.41, 5.74) is 11.0. The molecule has 7 rings (SSSR count). The van der Waals surface area contributed by atoms with Crippen LogP contribution in [0, 0.1) is 0 Å². The van der Waals surface area contributed by atoms with E-state index in [4.69, 9.17) is 10.5 Å². The highest BCUT2D eigenvalue weighted by atomic mass is 16.5. The van der Waals surface area contributed by atoms with Gasteiger partial charge < -0.3 is 62.2 Å². The zero-order valence-corrected chi connectivity index (χ0v) is 41.8. The number of nitrogens with one attached hydrogen (secondary N) is 5. The molecule has 74 heavy (non-hydrogen) atoms. The minimum absolute atomic E-state index is 0.0118.